The molecule has 0 atom stereocenters. The molecule has 0 unspecified atom stereocenters. The Bertz CT molecular complexity index is 711. The van der Waals surface area contributed by atoms with Crippen LogP contribution in [-0.4, -0.2) is 22.8 Å². The first-order valence-electron chi connectivity index (χ1n) is 7.31. The molecule has 2 aromatic rings. The number of aromatic nitrogens is 2. The summed E-state index contributed by atoms with van der Waals surface area (Å²) in [5.41, 5.74) is 0.234. The fraction of sp³-hybridized carbons (Fsp3) is 0.375. The maximum absolute atomic E-state index is 12.6. The minimum Gasteiger partial charge on any atom is -0.496 e. The summed E-state index contributed by atoms with van der Waals surface area (Å²) in [5, 5.41) is 6.21. The smallest absolute Gasteiger partial charge is 0.435 e. The number of rotatable bonds is 6. The number of nitrogens with one attached hydrogen (secondary N) is 1. The highest BCUT2D eigenvalue weighted by Gasteiger charge is 2.34. The van der Waals surface area contributed by atoms with Gasteiger partial charge in [0, 0.05) is 30.8 Å². The third-order valence-electron chi connectivity index (χ3n) is 3.49. The van der Waals surface area contributed by atoms with Gasteiger partial charge in [0.05, 0.1) is 7.11 Å². The first kappa shape index (κ1) is 17.8. The number of halogens is 3. The number of carbonyl (C=O) groups is 1. The van der Waals surface area contributed by atoms with Gasteiger partial charge in [-0.05, 0) is 19.1 Å². The molecule has 1 aromatic carbocycles. The van der Waals surface area contributed by atoms with E-state index in [0.717, 1.165) is 11.6 Å². The van der Waals surface area contributed by atoms with Crippen LogP contribution in [0, 0.1) is 6.92 Å². The lowest BCUT2D eigenvalue weighted by molar-refractivity contribution is -0.141. The highest BCUT2D eigenvalue weighted by atomic mass is 19.4. The third-order valence-corrected chi connectivity index (χ3v) is 3.49. The standard InChI is InChI=1S/C16H18F3N3O2/c1-11-9-14(16(17,18)19)21-22(11)8-7-15(23)20-10-12-5-3-4-6-13(12)24-2/h3-6,9H,7-8,10H2,1-2H3,(H,20,23). The van der Waals surface area contributed by atoms with Gasteiger partial charge in [-0.3, -0.25) is 9.48 Å². The lowest BCUT2D eigenvalue weighted by Crippen LogP contribution is -2.24. The molecule has 5 nitrogen and oxygen atoms in total. The maximum atomic E-state index is 12.6. The molecule has 0 radical (unpaired) electrons. The Balaban J connectivity index is 1.89. The zero-order valence-electron chi connectivity index (χ0n) is 13.4. The van der Waals surface area contributed by atoms with E-state index < -0.39 is 11.9 Å². The van der Waals surface area contributed by atoms with E-state index in [2.05, 4.69) is 10.4 Å². The number of benzene rings is 1. The highest BCUT2D eigenvalue weighted by molar-refractivity contribution is 5.75. The second-order valence-electron chi connectivity index (χ2n) is 5.23. The van der Waals surface area contributed by atoms with E-state index in [1.54, 1.807) is 13.2 Å². The molecule has 0 saturated heterocycles. The first-order valence-corrected chi connectivity index (χ1v) is 7.31. The van der Waals surface area contributed by atoms with Gasteiger partial charge < -0.3 is 10.1 Å². The molecule has 0 aliphatic rings. The second-order valence-corrected chi connectivity index (χ2v) is 5.23. The highest BCUT2D eigenvalue weighted by Crippen LogP contribution is 2.28. The average Bonchev–Trinajstić information content (AvgIpc) is 2.92. The summed E-state index contributed by atoms with van der Waals surface area (Å²) in [6.45, 7) is 1.89. The van der Waals surface area contributed by atoms with Crippen LogP contribution in [0.5, 0.6) is 5.75 Å². The zero-order chi connectivity index (χ0) is 17.7. The van der Waals surface area contributed by atoms with E-state index in [-0.39, 0.29) is 25.4 Å². The molecule has 1 aromatic heterocycles. The Morgan fingerprint density at radius 3 is 2.67 bits per heavy atom. The number of alkyl halides is 3. The van der Waals surface area contributed by atoms with Gasteiger partial charge in [0.25, 0.3) is 0 Å². The molecular formula is C16H18F3N3O2. The summed E-state index contributed by atoms with van der Waals surface area (Å²) in [4.78, 5) is 11.9. The Labute approximate surface area is 137 Å². The third kappa shape index (κ3) is 4.50. The van der Waals surface area contributed by atoms with Crippen molar-refractivity contribution in [3.8, 4) is 5.75 Å². The van der Waals surface area contributed by atoms with Crippen LogP contribution in [0.1, 0.15) is 23.4 Å². The first-order chi connectivity index (χ1) is 11.3. The SMILES string of the molecule is COc1ccccc1CNC(=O)CCn1nc(C(F)(F)F)cc1C. The minimum atomic E-state index is -4.48. The van der Waals surface area contributed by atoms with Crippen molar-refractivity contribution in [2.45, 2.75) is 32.6 Å². The lowest BCUT2D eigenvalue weighted by atomic mass is 10.2. The number of nitrogens with zero attached hydrogens (tertiary/aromatic N) is 2. The largest absolute Gasteiger partial charge is 0.496 e. The minimum absolute atomic E-state index is 0.0367. The van der Waals surface area contributed by atoms with Crippen LogP contribution in [0.25, 0.3) is 0 Å². The summed E-state index contributed by atoms with van der Waals surface area (Å²) >= 11 is 0. The van der Waals surface area contributed by atoms with Gasteiger partial charge in [-0.1, -0.05) is 18.2 Å². The van der Waals surface area contributed by atoms with Gasteiger partial charge in [0.2, 0.25) is 5.91 Å². The fourth-order valence-corrected chi connectivity index (χ4v) is 2.21. The monoisotopic (exact) mass is 341 g/mol. The number of amides is 1. The number of hydrogen-bond donors (Lipinski definition) is 1. The van der Waals surface area contributed by atoms with Crippen molar-refractivity contribution in [3.63, 3.8) is 0 Å². The Hall–Kier alpha value is -2.51. The van der Waals surface area contributed by atoms with Crippen LogP contribution in [0.3, 0.4) is 0 Å². The molecular weight excluding hydrogens is 323 g/mol. The predicted molar refractivity (Wildman–Crippen MR) is 81.4 cm³/mol. The van der Waals surface area contributed by atoms with E-state index in [1.807, 2.05) is 18.2 Å². The fourth-order valence-electron chi connectivity index (χ4n) is 2.21. The van der Waals surface area contributed by atoms with E-state index in [4.69, 9.17) is 4.74 Å². The molecule has 0 aliphatic heterocycles. The second kappa shape index (κ2) is 7.37. The Morgan fingerprint density at radius 2 is 2.04 bits per heavy atom. The van der Waals surface area contributed by atoms with Gasteiger partial charge in [-0.25, -0.2) is 0 Å². The zero-order valence-corrected chi connectivity index (χ0v) is 13.4. The van der Waals surface area contributed by atoms with Gasteiger partial charge >= 0.3 is 6.18 Å². The van der Waals surface area contributed by atoms with Crippen LogP contribution < -0.4 is 10.1 Å². The molecule has 8 heteroatoms. The van der Waals surface area contributed by atoms with Crippen molar-refractivity contribution in [1.29, 1.82) is 0 Å². The molecule has 0 bridgehead atoms. The molecule has 0 saturated carbocycles. The van der Waals surface area contributed by atoms with Crippen molar-refractivity contribution in [1.82, 2.24) is 15.1 Å². The van der Waals surface area contributed by atoms with Crippen LogP contribution in [0.2, 0.25) is 0 Å². The van der Waals surface area contributed by atoms with Crippen molar-refractivity contribution < 1.29 is 22.7 Å². The Kier molecular flexibility index (Phi) is 5.48. The summed E-state index contributed by atoms with van der Waals surface area (Å²) in [5.74, 6) is 0.389. The molecule has 2 rings (SSSR count). The van der Waals surface area contributed by atoms with Crippen LogP contribution in [-0.2, 0) is 24.1 Å². The molecule has 0 spiro atoms. The van der Waals surface area contributed by atoms with E-state index in [0.29, 0.717) is 11.4 Å². The van der Waals surface area contributed by atoms with E-state index >= 15 is 0 Å². The quantitative estimate of drug-likeness (QED) is 0.879. The van der Waals surface area contributed by atoms with Crippen LogP contribution >= 0.6 is 0 Å². The summed E-state index contributed by atoms with van der Waals surface area (Å²) in [6.07, 6.45) is -4.45. The Morgan fingerprint density at radius 1 is 1.33 bits per heavy atom. The maximum Gasteiger partial charge on any atom is 0.435 e. The number of hydrogen-bond acceptors (Lipinski definition) is 3. The van der Waals surface area contributed by atoms with Crippen LogP contribution in [0.15, 0.2) is 30.3 Å². The van der Waals surface area contributed by atoms with E-state index in [1.165, 1.54) is 11.6 Å². The summed E-state index contributed by atoms with van der Waals surface area (Å²) in [7, 11) is 1.54. The molecule has 1 amide bonds. The average molecular weight is 341 g/mol. The number of ether oxygens (including phenoxy) is 1. The van der Waals surface area contributed by atoms with Crippen molar-refractivity contribution in [3.05, 3.63) is 47.3 Å². The number of methoxy groups -OCH3 is 1. The van der Waals surface area contributed by atoms with Crippen molar-refractivity contribution in [2.24, 2.45) is 0 Å². The van der Waals surface area contributed by atoms with Gasteiger partial charge in [0.1, 0.15) is 5.75 Å². The van der Waals surface area contributed by atoms with Crippen LogP contribution in [0.4, 0.5) is 13.2 Å². The van der Waals surface area contributed by atoms with Crippen molar-refractivity contribution in [2.75, 3.05) is 7.11 Å². The molecule has 130 valence electrons. The molecule has 0 aliphatic carbocycles. The number of para-hydroxylation sites is 1. The number of carbonyl (C=O) groups excluding carboxylic acids is 1. The van der Waals surface area contributed by atoms with Gasteiger partial charge in [-0.2, -0.15) is 18.3 Å². The lowest BCUT2D eigenvalue weighted by Gasteiger charge is -2.10. The summed E-state index contributed by atoms with van der Waals surface area (Å²) in [6, 6.07) is 8.23. The van der Waals surface area contributed by atoms with Gasteiger partial charge in [-0.15, -0.1) is 0 Å². The molecule has 24 heavy (non-hydrogen) atoms. The normalized spacial score (nSPS) is 11.4. The predicted octanol–water partition coefficient (Wildman–Crippen LogP) is 2.93. The molecule has 1 N–H and O–H groups in total. The summed E-state index contributed by atoms with van der Waals surface area (Å²) < 4.78 is 44.2. The molecule has 1 heterocycles. The van der Waals surface area contributed by atoms with Crippen molar-refractivity contribution >= 4 is 5.91 Å². The molecule has 0 fully saturated rings. The van der Waals surface area contributed by atoms with E-state index in [9.17, 15) is 18.0 Å². The number of aryl methyl sites for hydroxylation is 2. The van der Waals surface area contributed by atoms with Gasteiger partial charge in [0.15, 0.2) is 5.69 Å². The topological polar surface area (TPSA) is 56.1 Å².